The Kier molecular flexibility index (Phi) is 6.32. The highest BCUT2D eigenvalue weighted by Gasteiger charge is 2.25. The average molecular weight is 424 g/mol. The third-order valence-electron chi connectivity index (χ3n) is 5.33. The van der Waals surface area contributed by atoms with Crippen molar-refractivity contribution in [2.24, 2.45) is 0 Å². The number of thioether (sulfide) groups is 1. The molecule has 1 aromatic heterocycles. The minimum absolute atomic E-state index is 0.000649. The summed E-state index contributed by atoms with van der Waals surface area (Å²) >= 11 is 1.37. The molecule has 0 aliphatic heterocycles. The van der Waals surface area contributed by atoms with Gasteiger partial charge in [0.05, 0.1) is 24.9 Å². The number of nitrogens with one attached hydrogen (secondary N) is 1. The Balaban J connectivity index is 1.39. The van der Waals surface area contributed by atoms with E-state index in [1.165, 1.54) is 22.9 Å². The number of tetrazole rings is 1. The number of carbonyl (C=O) groups is 1. The van der Waals surface area contributed by atoms with Gasteiger partial charge in [-0.3, -0.25) is 4.79 Å². The molecule has 1 heterocycles. The van der Waals surface area contributed by atoms with E-state index in [9.17, 15) is 4.79 Å². The lowest BCUT2D eigenvalue weighted by molar-refractivity contribution is -0.121. The summed E-state index contributed by atoms with van der Waals surface area (Å²) in [6, 6.07) is 16.2. The van der Waals surface area contributed by atoms with Crippen molar-refractivity contribution in [2.75, 3.05) is 7.11 Å². The van der Waals surface area contributed by atoms with Crippen LogP contribution in [0.2, 0.25) is 0 Å². The van der Waals surface area contributed by atoms with Crippen molar-refractivity contribution in [3.8, 4) is 5.75 Å². The predicted molar refractivity (Wildman–Crippen MR) is 115 cm³/mol. The lowest BCUT2D eigenvalue weighted by Gasteiger charge is -2.27. The van der Waals surface area contributed by atoms with Gasteiger partial charge in [0, 0.05) is 0 Å². The lowest BCUT2D eigenvalue weighted by Crippen LogP contribution is -2.36. The lowest BCUT2D eigenvalue weighted by atomic mass is 9.88. The molecule has 0 spiro atoms. The number of benzene rings is 2. The number of aromatic nitrogens is 4. The van der Waals surface area contributed by atoms with E-state index in [0.717, 1.165) is 30.6 Å². The van der Waals surface area contributed by atoms with Crippen LogP contribution in [0.15, 0.2) is 53.7 Å². The molecule has 2 atom stereocenters. The molecule has 0 fully saturated rings. The van der Waals surface area contributed by atoms with Crippen molar-refractivity contribution < 1.29 is 9.53 Å². The van der Waals surface area contributed by atoms with Crippen LogP contribution in [0, 0.1) is 0 Å². The van der Waals surface area contributed by atoms with E-state index in [0.29, 0.717) is 11.7 Å². The summed E-state index contributed by atoms with van der Waals surface area (Å²) in [5, 5.41) is 15.5. The third kappa shape index (κ3) is 4.64. The molecule has 8 heteroatoms. The molecule has 0 radical (unpaired) electrons. The van der Waals surface area contributed by atoms with Crippen LogP contribution in [-0.4, -0.2) is 38.5 Å². The highest BCUT2D eigenvalue weighted by molar-refractivity contribution is 8.00. The number of hydrogen-bond acceptors (Lipinski definition) is 6. The van der Waals surface area contributed by atoms with Gasteiger partial charge in [-0.05, 0) is 65.4 Å². The Morgan fingerprint density at radius 1 is 1.27 bits per heavy atom. The first-order valence-corrected chi connectivity index (χ1v) is 11.0. The molecular formula is C22H25N5O2S. The number of aryl methyl sites for hydroxylation is 1. The van der Waals surface area contributed by atoms with E-state index >= 15 is 0 Å². The largest absolute Gasteiger partial charge is 0.497 e. The average Bonchev–Trinajstić information content (AvgIpc) is 3.21. The summed E-state index contributed by atoms with van der Waals surface area (Å²) in [5.74, 6) is 0.806. The van der Waals surface area contributed by atoms with Gasteiger partial charge in [-0.25, -0.2) is 4.68 Å². The normalized spacial score (nSPS) is 16.5. The fourth-order valence-corrected chi connectivity index (χ4v) is 4.49. The van der Waals surface area contributed by atoms with Crippen LogP contribution in [0.4, 0.5) is 0 Å². The van der Waals surface area contributed by atoms with E-state index in [1.807, 2.05) is 37.3 Å². The third-order valence-corrected chi connectivity index (χ3v) is 6.40. The number of nitrogens with zero attached hydrogens (tertiary/aromatic N) is 4. The molecule has 156 valence electrons. The molecule has 30 heavy (non-hydrogen) atoms. The van der Waals surface area contributed by atoms with Gasteiger partial charge in [0.1, 0.15) is 5.75 Å². The van der Waals surface area contributed by atoms with Crippen molar-refractivity contribution >= 4 is 17.7 Å². The van der Waals surface area contributed by atoms with Crippen LogP contribution >= 0.6 is 11.8 Å². The number of methoxy groups -OCH3 is 1. The van der Waals surface area contributed by atoms with Crippen molar-refractivity contribution in [3.63, 3.8) is 0 Å². The van der Waals surface area contributed by atoms with Gasteiger partial charge < -0.3 is 10.1 Å². The molecule has 0 bridgehead atoms. The minimum atomic E-state index is -0.306. The molecule has 1 amide bonds. The van der Waals surface area contributed by atoms with Crippen LogP contribution in [-0.2, 0) is 17.8 Å². The molecule has 7 nitrogen and oxygen atoms in total. The molecular weight excluding hydrogens is 398 g/mol. The molecule has 1 N–H and O–H groups in total. The summed E-state index contributed by atoms with van der Waals surface area (Å²) in [7, 11) is 1.64. The maximum Gasteiger partial charge on any atom is 0.233 e. The van der Waals surface area contributed by atoms with Gasteiger partial charge in [0.15, 0.2) is 0 Å². The van der Waals surface area contributed by atoms with Crippen LogP contribution in [0.1, 0.15) is 42.5 Å². The number of amides is 1. The molecule has 3 aromatic rings. The molecule has 0 unspecified atom stereocenters. The maximum atomic E-state index is 12.9. The Labute approximate surface area is 180 Å². The van der Waals surface area contributed by atoms with E-state index in [4.69, 9.17) is 4.74 Å². The Bertz CT molecular complexity index is 1000. The predicted octanol–water partition coefficient (Wildman–Crippen LogP) is 3.40. The first-order valence-electron chi connectivity index (χ1n) is 10.1. The number of fused-ring (bicyclic) bond motifs is 1. The van der Waals surface area contributed by atoms with E-state index < -0.39 is 0 Å². The summed E-state index contributed by atoms with van der Waals surface area (Å²) in [6.45, 7) is 2.42. The number of ether oxygens (including phenoxy) is 1. The molecule has 4 rings (SSSR count). The second-order valence-electron chi connectivity index (χ2n) is 7.38. The summed E-state index contributed by atoms with van der Waals surface area (Å²) in [6.07, 6.45) is 3.13. The van der Waals surface area contributed by atoms with Crippen molar-refractivity contribution in [1.82, 2.24) is 25.5 Å². The maximum absolute atomic E-state index is 12.9. The zero-order chi connectivity index (χ0) is 20.9. The smallest absolute Gasteiger partial charge is 0.233 e. The van der Waals surface area contributed by atoms with Crippen LogP contribution in [0.25, 0.3) is 0 Å². The van der Waals surface area contributed by atoms with Crippen LogP contribution in [0.5, 0.6) is 5.75 Å². The molecule has 0 saturated carbocycles. The van der Waals surface area contributed by atoms with Gasteiger partial charge in [-0.15, -0.1) is 5.10 Å². The number of rotatable bonds is 7. The Morgan fingerprint density at radius 2 is 2.07 bits per heavy atom. The highest BCUT2D eigenvalue weighted by atomic mass is 32.2. The van der Waals surface area contributed by atoms with Gasteiger partial charge >= 0.3 is 0 Å². The quantitative estimate of drug-likeness (QED) is 0.587. The van der Waals surface area contributed by atoms with E-state index in [1.54, 1.807) is 11.8 Å². The first kappa shape index (κ1) is 20.4. The topological polar surface area (TPSA) is 81.9 Å². The van der Waals surface area contributed by atoms with Crippen molar-refractivity contribution in [3.05, 3.63) is 65.2 Å². The second kappa shape index (κ2) is 9.30. The Hall–Kier alpha value is -2.87. The van der Waals surface area contributed by atoms with Gasteiger partial charge in [0.25, 0.3) is 0 Å². The summed E-state index contributed by atoms with van der Waals surface area (Å²) in [5.41, 5.74) is 3.62. The van der Waals surface area contributed by atoms with Gasteiger partial charge in [0.2, 0.25) is 11.1 Å². The van der Waals surface area contributed by atoms with E-state index in [2.05, 4.69) is 39.0 Å². The zero-order valence-electron chi connectivity index (χ0n) is 17.1. The first-order chi connectivity index (χ1) is 14.6. The summed E-state index contributed by atoms with van der Waals surface area (Å²) < 4.78 is 6.91. The van der Waals surface area contributed by atoms with Crippen molar-refractivity contribution in [2.45, 2.75) is 49.2 Å². The number of carbonyl (C=O) groups excluding carboxylic acids is 1. The van der Waals surface area contributed by atoms with Gasteiger partial charge in [-0.1, -0.05) is 48.2 Å². The standard InChI is InChI=1S/C22H25N5O2S/c1-15(21(28)23-20-9-5-7-17-6-3-4-8-19(17)20)30-22-24-25-26-27(22)14-16-10-12-18(29-2)13-11-16/h3-4,6,8,10-13,15,20H,5,7,9,14H2,1-2H3,(H,23,28)/t15-,20-/m1/s1. The Morgan fingerprint density at radius 3 is 2.87 bits per heavy atom. The second-order valence-corrected chi connectivity index (χ2v) is 8.69. The number of hydrogen-bond donors (Lipinski definition) is 1. The molecule has 2 aromatic carbocycles. The van der Waals surface area contributed by atoms with Crippen molar-refractivity contribution in [1.29, 1.82) is 0 Å². The fourth-order valence-electron chi connectivity index (χ4n) is 3.69. The minimum Gasteiger partial charge on any atom is -0.497 e. The monoisotopic (exact) mass is 423 g/mol. The zero-order valence-corrected chi connectivity index (χ0v) is 17.9. The van der Waals surface area contributed by atoms with Crippen LogP contribution < -0.4 is 10.1 Å². The summed E-state index contributed by atoms with van der Waals surface area (Å²) in [4.78, 5) is 12.9. The van der Waals surface area contributed by atoms with E-state index in [-0.39, 0.29) is 17.2 Å². The van der Waals surface area contributed by atoms with Crippen LogP contribution in [0.3, 0.4) is 0 Å². The molecule has 1 aliphatic carbocycles. The SMILES string of the molecule is COc1ccc(Cn2nnnc2S[C@H](C)C(=O)N[C@@H]2CCCc3ccccc32)cc1. The van der Waals surface area contributed by atoms with Gasteiger partial charge in [-0.2, -0.15) is 0 Å². The molecule has 1 aliphatic rings. The highest BCUT2D eigenvalue weighted by Crippen LogP contribution is 2.30. The molecule has 0 saturated heterocycles. The fraction of sp³-hybridized carbons (Fsp3) is 0.364.